The monoisotopic (exact) mass is 328 g/mol. The van der Waals surface area contributed by atoms with E-state index in [2.05, 4.69) is 69.4 Å². The molecule has 0 bridgehead atoms. The summed E-state index contributed by atoms with van der Waals surface area (Å²) in [4.78, 5) is 0. The summed E-state index contributed by atoms with van der Waals surface area (Å²) in [7, 11) is 9.13. The van der Waals surface area contributed by atoms with Gasteiger partial charge in [-0.15, -0.1) is 0 Å². The summed E-state index contributed by atoms with van der Waals surface area (Å²) < 4.78 is 10.4. The van der Waals surface area contributed by atoms with E-state index in [-0.39, 0.29) is 21.7 Å². The van der Waals surface area contributed by atoms with Crippen molar-refractivity contribution < 1.29 is 39.3 Å². The average Bonchev–Trinajstić information content (AvgIpc) is 2.37. The molecule has 0 aromatic rings. The molecule has 0 saturated heterocycles. The van der Waals surface area contributed by atoms with Crippen LogP contribution in [0.1, 0.15) is 27.7 Å². The van der Waals surface area contributed by atoms with Crippen LogP contribution in [0.25, 0.3) is 0 Å². The zero-order valence-corrected chi connectivity index (χ0v) is 16.7. The first-order valence-electron chi connectivity index (χ1n) is 6.78. The first-order valence-corrected chi connectivity index (χ1v) is 9.57. The summed E-state index contributed by atoms with van der Waals surface area (Å²) in [5.74, 6) is 0. The summed E-state index contributed by atoms with van der Waals surface area (Å²) in [6, 6.07) is 0. The Balaban J connectivity index is 0. The Hall–Kier alpha value is 1.27. The van der Waals surface area contributed by atoms with E-state index in [9.17, 15) is 0 Å². The molecule has 6 heteroatoms. The largest absolute Gasteiger partial charge is 4.00 e. The van der Waals surface area contributed by atoms with Gasteiger partial charge in [0.15, 0.2) is 0 Å². The van der Waals surface area contributed by atoms with Crippen LogP contribution in [0.4, 0.5) is 0 Å². The molecule has 0 unspecified atom stereocenters. The molecule has 0 heterocycles. The van der Waals surface area contributed by atoms with Crippen LogP contribution in [0, 0.1) is 0 Å². The molecule has 0 aliphatic rings. The second kappa shape index (κ2) is 10.1. The average molecular weight is 328 g/mol. The maximum Gasteiger partial charge on any atom is 4.00 e. The molecule has 4 nitrogen and oxygen atoms in total. The van der Waals surface area contributed by atoms with Gasteiger partial charge in [-0.3, -0.25) is 0 Å². The molecule has 0 aliphatic heterocycles. The molecule has 0 amide bonds. The van der Waals surface area contributed by atoms with Gasteiger partial charge in [-0.1, -0.05) is 0 Å². The van der Waals surface area contributed by atoms with Crippen LogP contribution >= 0.6 is 0 Å². The van der Waals surface area contributed by atoms with Crippen LogP contribution in [0.15, 0.2) is 0 Å². The van der Waals surface area contributed by atoms with E-state index in [0.717, 1.165) is 26.2 Å². The summed E-state index contributed by atoms with van der Waals surface area (Å²) in [6.07, 6.45) is 0. The molecular weight excluding hydrogens is 296 g/mol. The van der Waals surface area contributed by atoms with Gasteiger partial charge in [-0.25, -0.2) is 0 Å². The van der Waals surface area contributed by atoms with Crippen LogP contribution < -0.4 is 0 Å². The van der Waals surface area contributed by atoms with Crippen molar-refractivity contribution in [1.82, 2.24) is 13.5 Å². The Morgan fingerprint density at radius 1 is 0.556 bits per heavy atom. The molecule has 0 aromatic carbocycles. The molecule has 0 N–H and O–H groups in total. The Kier molecular flexibility index (Phi) is 12.1. The third-order valence-corrected chi connectivity index (χ3v) is 12.3. The van der Waals surface area contributed by atoms with E-state index in [1.165, 1.54) is 0 Å². The molecule has 0 aliphatic carbocycles. The predicted octanol–water partition coefficient (Wildman–Crippen LogP) is 1.60. The van der Waals surface area contributed by atoms with E-state index in [1.807, 2.05) is 0 Å². The second-order valence-corrected chi connectivity index (χ2v) is 11.3. The number of hydrogen-bond acceptors (Lipinski definition) is 4. The number of rotatable bonds is 8. The van der Waals surface area contributed by atoms with Crippen molar-refractivity contribution in [2.75, 3.05) is 54.4 Å². The van der Waals surface area contributed by atoms with Crippen molar-refractivity contribution >= 4 is 0 Å². The van der Waals surface area contributed by atoms with Crippen molar-refractivity contribution in [3.63, 3.8) is 0 Å². The Morgan fingerprint density at radius 2 is 0.722 bits per heavy atom. The van der Waals surface area contributed by atoms with Gasteiger partial charge in [0.25, 0.3) is 0 Å². The minimum Gasteiger partial charge on any atom is 4.00 e. The quantitative estimate of drug-likeness (QED) is 0.628. The zero-order valence-electron chi connectivity index (χ0n) is 13.6. The number of hydrogen-bond donors (Lipinski definition) is 0. The van der Waals surface area contributed by atoms with Gasteiger partial charge in [-0.2, -0.15) is 0 Å². The summed E-state index contributed by atoms with van der Waals surface area (Å²) in [5, 5.41) is 0. The zero-order chi connectivity index (χ0) is 13.6. The molecule has 18 heavy (non-hydrogen) atoms. The molecule has 0 radical (unpaired) electrons. The topological polar surface area (TPSA) is 13.0 Å². The van der Waals surface area contributed by atoms with E-state index >= 15 is 0 Å². The van der Waals surface area contributed by atoms with Gasteiger partial charge >= 0.3 is 135 Å². The minimum absolute atomic E-state index is 0. The van der Waals surface area contributed by atoms with Crippen LogP contribution in [-0.2, 0) is 39.3 Å². The molecule has 0 saturated carbocycles. The molecule has 0 spiro atoms. The van der Waals surface area contributed by atoms with Crippen molar-refractivity contribution in [2.24, 2.45) is 0 Å². The summed E-state index contributed by atoms with van der Waals surface area (Å²) in [6.45, 7) is 13.5. The van der Waals surface area contributed by atoms with Crippen molar-refractivity contribution in [3.05, 3.63) is 0 Å². The van der Waals surface area contributed by atoms with Crippen molar-refractivity contribution in [1.29, 1.82) is 0 Å². The Morgan fingerprint density at radius 3 is 0.833 bits per heavy atom. The van der Waals surface area contributed by atoms with Crippen molar-refractivity contribution in [2.45, 2.75) is 27.7 Å². The van der Waals surface area contributed by atoms with Gasteiger partial charge in [0.05, 0.1) is 0 Å². The van der Waals surface area contributed by atoms with E-state index in [4.69, 9.17) is 0 Å². The SMILES string of the molecule is CC[N](C)[Ti]([N](C)CC)([N](C)CC)[N](C)CC.[Ti+4]. The van der Waals surface area contributed by atoms with Gasteiger partial charge in [0.2, 0.25) is 0 Å². The van der Waals surface area contributed by atoms with Crippen LogP contribution in [0.3, 0.4) is 0 Å². The first-order chi connectivity index (χ1) is 7.93. The fourth-order valence-electron chi connectivity index (χ4n) is 2.60. The normalized spacial score (nSPS) is 12.7. The molecule has 104 valence electrons. The minimum atomic E-state index is -2.49. The van der Waals surface area contributed by atoms with Crippen LogP contribution in [0.2, 0.25) is 0 Å². The van der Waals surface area contributed by atoms with Crippen LogP contribution in [-0.4, -0.2) is 67.9 Å². The summed E-state index contributed by atoms with van der Waals surface area (Å²) in [5.41, 5.74) is 0. The molecule has 0 aromatic heterocycles. The van der Waals surface area contributed by atoms with Gasteiger partial charge in [0, 0.05) is 0 Å². The van der Waals surface area contributed by atoms with E-state index in [1.54, 1.807) is 0 Å². The maximum absolute atomic E-state index is 2.59. The first kappa shape index (κ1) is 21.6. The van der Waals surface area contributed by atoms with Crippen molar-refractivity contribution in [3.8, 4) is 0 Å². The van der Waals surface area contributed by atoms with Gasteiger partial charge in [0.1, 0.15) is 0 Å². The Labute approximate surface area is 134 Å². The predicted molar refractivity (Wildman–Crippen MR) is 73.2 cm³/mol. The standard InChI is InChI=1S/4C3H8N.2Ti/c4*1-3-4-2;;/h4*3H2,1-2H3;;/q4*-1;2*+4. The smallest absolute Gasteiger partial charge is 4.00 e. The molecule has 0 rings (SSSR count). The van der Waals surface area contributed by atoms with E-state index in [0.29, 0.717) is 0 Å². The van der Waals surface area contributed by atoms with Gasteiger partial charge < -0.3 is 0 Å². The molecule has 0 atom stereocenters. The second-order valence-electron chi connectivity index (χ2n) is 4.66. The van der Waals surface area contributed by atoms with Crippen LogP contribution in [0.5, 0.6) is 0 Å². The fraction of sp³-hybridized carbons (Fsp3) is 1.00. The third-order valence-electron chi connectivity index (χ3n) is 3.95. The number of nitrogens with zero attached hydrogens (tertiary/aromatic N) is 4. The third kappa shape index (κ3) is 4.13. The van der Waals surface area contributed by atoms with E-state index < -0.39 is 17.6 Å². The Bertz CT molecular complexity index is 171. The molecule has 0 fully saturated rings. The summed E-state index contributed by atoms with van der Waals surface area (Å²) >= 11 is -2.49. The van der Waals surface area contributed by atoms with Gasteiger partial charge in [-0.05, 0) is 0 Å². The maximum atomic E-state index is 2.59. The molecular formula is C12H32N4Ti2+4. The fourth-order valence-corrected chi connectivity index (χ4v) is 10.7.